The van der Waals surface area contributed by atoms with Crippen molar-refractivity contribution < 1.29 is 4.39 Å². The first kappa shape index (κ1) is 16.6. The molecule has 5 heteroatoms. The lowest BCUT2D eigenvalue weighted by atomic mass is 9.98. The van der Waals surface area contributed by atoms with E-state index in [2.05, 4.69) is 5.32 Å². The van der Waals surface area contributed by atoms with E-state index in [9.17, 15) is 4.39 Å². The van der Waals surface area contributed by atoms with Crippen LogP contribution in [-0.4, -0.2) is 6.54 Å². The minimum absolute atomic E-state index is 0.118. The zero-order valence-electron chi connectivity index (χ0n) is 11.5. The SMILES string of the molecule is CCNC(Cc1cccc(Cl)c1Cl)c1cccc(Cl)c1F. The summed E-state index contributed by atoms with van der Waals surface area (Å²) in [6, 6.07) is 10.2. The van der Waals surface area contributed by atoms with Crippen molar-refractivity contribution in [2.75, 3.05) is 6.54 Å². The van der Waals surface area contributed by atoms with Gasteiger partial charge in [-0.15, -0.1) is 0 Å². The Hall–Kier alpha value is -0.800. The second-order valence-corrected chi connectivity index (χ2v) is 5.86. The average Bonchev–Trinajstić information content (AvgIpc) is 2.46. The molecule has 1 nitrogen and oxygen atoms in total. The Morgan fingerprint density at radius 3 is 2.43 bits per heavy atom. The first-order valence-electron chi connectivity index (χ1n) is 6.64. The minimum atomic E-state index is -0.400. The van der Waals surface area contributed by atoms with E-state index in [0.717, 1.165) is 5.56 Å². The van der Waals surface area contributed by atoms with Gasteiger partial charge in [0, 0.05) is 11.6 Å². The Kier molecular flexibility index (Phi) is 5.88. The van der Waals surface area contributed by atoms with Crippen LogP contribution < -0.4 is 5.32 Å². The van der Waals surface area contributed by atoms with Gasteiger partial charge in [0.05, 0.1) is 15.1 Å². The number of rotatable bonds is 5. The fourth-order valence-electron chi connectivity index (χ4n) is 2.25. The molecule has 0 aromatic heterocycles. The molecule has 0 radical (unpaired) electrons. The molecule has 0 heterocycles. The molecular weight excluding hydrogens is 332 g/mol. The standard InChI is InChI=1S/C16H15Cl3FN/c1-2-21-14(11-6-4-8-13(18)16(11)20)9-10-5-3-7-12(17)15(10)19/h3-8,14,21H,2,9H2,1H3. The summed E-state index contributed by atoms with van der Waals surface area (Å²) >= 11 is 18.1. The Morgan fingerprint density at radius 2 is 1.71 bits per heavy atom. The third-order valence-corrected chi connectivity index (χ3v) is 4.41. The van der Waals surface area contributed by atoms with Crippen LogP contribution in [0, 0.1) is 5.82 Å². The summed E-state index contributed by atoms with van der Waals surface area (Å²) in [5, 5.41) is 4.38. The monoisotopic (exact) mass is 345 g/mol. The fourth-order valence-corrected chi connectivity index (χ4v) is 2.83. The molecular formula is C16H15Cl3FN. The van der Waals surface area contributed by atoms with Crippen LogP contribution >= 0.6 is 34.8 Å². The normalized spacial score (nSPS) is 12.4. The van der Waals surface area contributed by atoms with Crippen LogP contribution in [0.3, 0.4) is 0 Å². The van der Waals surface area contributed by atoms with Gasteiger partial charge in [-0.3, -0.25) is 0 Å². The minimum Gasteiger partial charge on any atom is -0.310 e. The van der Waals surface area contributed by atoms with Gasteiger partial charge in [0.15, 0.2) is 0 Å². The van der Waals surface area contributed by atoms with Crippen LogP contribution in [0.4, 0.5) is 4.39 Å². The molecule has 2 aromatic rings. The highest BCUT2D eigenvalue weighted by molar-refractivity contribution is 6.42. The summed E-state index contributed by atoms with van der Waals surface area (Å²) in [5.74, 6) is -0.400. The van der Waals surface area contributed by atoms with Gasteiger partial charge < -0.3 is 5.32 Å². The van der Waals surface area contributed by atoms with E-state index < -0.39 is 5.82 Å². The molecule has 0 amide bonds. The first-order valence-corrected chi connectivity index (χ1v) is 7.78. The maximum Gasteiger partial charge on any atom is 0.146 e. The van der Waals surface area contributed by atoms with Gasteiger partial charge in [-0.25, -0.2) is 4.39 Å². The van der Waals surface area contributed by atoms with Gasteiger partial charge in [0.1, 0.15) is 5.82 Å². The van der Waals surface area contributed by atoms with Crippen molar-refractivity contribution in [2.24, 2.45) is 0 Å². The van der Waals surface area contributed by atoms with Crippen LogP contribution in [0.1, 0.15) is 24.1 Å². The van der Waals surface area contributed by atoms with Crippen LogP contribution in [-0.2, 0) is 6.42 Å². The average molecular weight is 347 g/mol. The highest BCUT2D eigenvalue weighted by Crippen LogP contribution is 2.31. The van der Waals surface area contributed by atoms with E-state index in [0.29, 0.717) is 28.6 Å². The topological polar surface area (TPSA) is 12.0 Å². The predicted octanol–water partition coefficient (Wildman–Crippen LogP) is 5.68. The summed E-state index contributed by atoms with van der Waals surface area (Å²) in [5.41, 5.74) is 1.40. The van der Waals surface area contributed by atoms with E-state index in [1.165, 1.54) is 6.07 Å². The van der Waals surface area contributed by atoms with Crippen molar-refractivity contribution in [1.29, 1.82) is 0 Å². The Labute approximate surface area is 139 Å². The van der Waals surface area contributed by atoms with E-state index in [-0.39, 0.29) is 11.1 Å². The molecule has 1 unspecified atom stereocenters. The number of benzene rings is 2. The van der Waals surface area contributed by atoms with Crippen LogP contribution in [0.5, 0.6) is 0 Å². The van der Waals surface area contributed by atoms with E-state index in [4.69, 9.17) is 34.8 Å². The molecule has 21 heavy (non-hydrogen) atoms. The number of hydrogen-bond acceptors (Lipinski definition) is 1. The highest BCUT2D eigenvalue weighted by atomic mass is 35.5. The van der Waals surface area contributed by atoms with Crippen molar-refractivity contribution >= 4 is 34.8 Å². The fraction of sp³-hybridized carbons (Fsp3) is 0.250. The largest absolute Gasteiger partial charge is 0.310 e. The summed E-state index contributed by atoms with van der Waals surface area (Å²) < 4.78 is 14.2. The number of halogens is 4. The summed E-state index contributed by atoms with van der Waals surface area (Å²) in [6.07, 6.45) is 0.532. The molecule has 0 bridgehead atoms. The van der Waals surface area contributed by atoms with Crippen molar-refractivity contribution in [1.82, 2.24) is 5.32 Å². The second-order valence-electron chi connectivity index (χ2n) is 4.67. The Morgan fingerprint density at radius 1 is 1.05 bits per heavy atom. The highest BCUT2D eigenvalue weighted by Gasteiger charge is 2.18. The van der Waals surface area contributed by atoms with Crippen molar-refractivity contribution in [3.63, 3.8) is 0 Å². The van der Waals surface area contributed by atoms with E-state index in [1.807, 2.05) is 19.1 Å². The lowest BCUT2D eigenvalue weighted by Gasteiger charge is -2.20. The molecule has 2 rings (SSSR count). The molecule has 1 atom stereocenters. The van der Waals surface area contributed by atoms with Crippen LogP contribution in [0.25, 0.3) is 0 Å². The summed E-state index contributed by atoms with van der Waals surface area (Å²) in [4.78, 5) is 0. The van der Waals surface area contributed by atoms with E-state index >= 15 is 0 Å². The van der Waals surface area contributed by atoms with Crippen LogP contribution in [0.2, 0.25) is 15.1 Å². The maximum absolute atomic E-state index is 14.2. The van der Waals surface area contributed by atoms with Gasteiger partial charge in [-0.05, 0) is 30.7 Å². The molecule has 0 saturated carbocycles. The van der Waals surface area contributed by atoms with E-state index in [1.54, 1.807) is 18.2 Å². The molecule has 0 aliphatic carbocycles. The lowest BCUT2D eigenvalue weighted by Crippen LogP contribution is -2.24. The Bertz CT molecular complexity index is 631. The van der Waals surface area contributed by atoms with Crippen LogP contribution in [0.15, 0.2) is 36.4 Å². The molecule has 112 valence electrons. The zero-order chi connectivity index (χ0) is 15.4. The third kappa shape index (κ3) is 3.89. The zero-order valence-corrected chi connectivity index (χ0v) is 13.7. The van der Waals surface area contributed by atoms with Crippen molar-refractivity contribution in [3.05, 3.63) is 68.4 Å². The Balaban J connectivity index is 2.35. The van der Waals surface area contributed by atoms with Gasteiger partial charge >= 0.3 is 0 Å². The summed E-state index contributed by atoms with van der Waals surface area (Å²) in [6.45, 7) is 2.67. The second kappa shape index (κ2) is 7.46. The quantitative estimate of drug-likeness (QED) is 0.734. The van der Waals surface area contributed by atoms with Gasteiger partial charge in [0.2, 0.25) is 0 Å². The van der Waals surface area contributed by atoms with Gasteiger partial charge in [0.25, 0.3) is 0 Å². The molecule has 0 fully saturated rings. The molecule has 2 aromatic carbocycles. The third-order valence-electron chi connectivity index (χ3n) is 3.26. The van der Waals surface area contributed by atoms with Crippen molar-refractivity contribution in [3.8, 4) is 0 Å². The molecule has 0 aliphatic heterocycles. The first-order chi connectivity index (χ1) is 10.0. The van der Waals surface area contributed by atoms with Gasteiger partial charge in [-0.2, -0.15) is 0 Å². The molecule has 0 spiro atoms. The summed E-state index contributed by atoms with van der Waals surface area (Å²) in [7, 11) is 0. The van der Waals surface area contributed by atoms with Crippen molar-refractivity contribution in [2.45, 2.75) is 19.4 Å². The van der Waals surface area contributed by atoms with Gasteiger partial charge in [-0.1, -0.05) is 66.0 Å². The molecule has 0 saturated heterocycles. The maximum atomic E-state index is 14.2. The molecule has 1 N–H and O–H groups in total. The molecule has 0 aliphatic rings. The number of hydrogen-bond donors (Lipinski definition) is 1. The number of nitrogens with one attached hydrogen (secondary N) is 1. The lowest BCUT2D eigenvalue weighted by molar-refractivity contribution is 0.510. The smallest absolute Gasteiger partial charge is 0.146 e. The number of likely N-dealkylation sites (N-methyl/N-ethyl adjacent to an activating group) is 1. The predicted molar refractivity (Wildman–Crippen MR) is 88.0 cm³/mol.